The fourth-order valence-electron chi connectivity index (χ4n) is 2.18. The lowest BCUT2D eigenvalue weighted by atomic mass is 9.97. The zero-order chi connectivity index (χ0) is 12.1. The van der Waals surface area contributed by atoms with E-state index in [1.165, 1.54) is 5.56 Å². The molecule has 1 aliphatic rings. The third-order valence-electron chi connectivity index (χ3n) is 3.36. The first kappa shape index (κ1) is 12.3. The minimum atomic E-state index is -0.436. The Morgan fingerprint density at radius 1 is 1.41 bits per heavy atom. The molecule has 0 amide bonds. The van der Waals surface area contributed by atoms with E-state index in [4.69, 9.17) is 4.74 Å². The molecule has 1 aliphatic heterocycles. The van der Waals surface area contributed by atoms with Gasteiger partial charge in [-0.15, -0.1) is 6.58 Å². The van der Waals surface area contributed by atoms with Crippen LogP contribution in [0.2, 0.25) is 0 Å². The molecule has 0 aromatic heterocycles. The largest absolute Gasteiger partial charge is 0.394 e. The SMILES string of the molecule is C=CC1(CO)COCCN1Cc1ccccc1. The Morgan fingerprint density at radius 2 is 2.18 bits per heavy atom. The molecule has 0 spiro atoms. The van der Waals surface area contributed by atoms with Gasteiger partial charge in [-0.25, -0.2) is 0 Å². The smallest absolute Gasteiger partial charge is 0.0862 e. The molecule has 1 unspecified atom stereocenters. The third-order valence-corrected chi connectivity index (χ3v) is 3.36. The van der Waals surface area contributed by atoms with E-state index in [0.717, 1.165) is 13.1 Å². The Hall–Kier alpha value is -1.16. The average molecular weight is 233 g/mol. The van der Waals surface area contributed by atoms with Gasteiger partial charge in [-0.05, 0) is 5.56 Å². The summed E-state index contributed by atoms with van der Waals surface area (Å²) in [6.07, 6.45) is 1.80. The number of hydrogen-bond acceptors (Lipinski definition) is 3. The van der Waals surface area contributed by atoms with Crippen molar-refractivity contribution in [2.24, 2.45) is 0 Å². The van der Waals surface area contributed by atoms with E-state index in [9.17, 15) is 5.11 Å². The van der Waals surface area contributed by atoms with Crippen LogP contribution in [0, 0.1) is 0 Å². The van der Waals surface area contributed by atoms with Gasteiger partial charge in [0, 0.05) is 13.1 Å². The van der Waals surface area contributed by atoms with Crippen LogP contribution in [0.1, 0.15) is 5.56 Å². The lowest BCUT2D eigenvalue weighted by Crippen LogP contribution is -2.57. The Balaban J connectivity index is 2.14. The van der Waals surface area contributed by atoms with E-state index < -0.39 is 5.54 Å². The van der Waals surface area contributed by atoms with Crippen LogP contribution < -0.4 is 0 Å². The van der Waals surface area contributed by atoms with Crippen molar-refractivity contribution in [1.29, 1.82) is 0 Å². The normalized spacial score (nSPS) is 25.7. The minimum absolute atomic E-state index is 0.0450. The molecule has 1 fully saturated rings. The highest BCUT2D eigenvalue weighted by molar-refractivity contribution is 5.16. The summed E-state index contributed by atoms with van der Waals surface area (Å²) in [5.41, 5.74) is 0.808. The fraction of sp³-hybridized carbons (Fsp3) is 0.429. The number of morpholine rings is 1. The average Bonchev–Trinajstić information content (AvgIpc) is 2.41. The topological polar surface area (TPSA) is 32.7 Å². The standard InChI is InChI=1S/C14H19NO2/c1-2-14(11-16)12-17-9-8-15(14)10-13-6-4-3-5-7-13/h2-7,16H,1,8-12H2. The molecule has 1 aromatic rings. The molecule has 1 heterocycles. The van der Waals surface area contributed by atoms with E-state index in [0.29, 0.717) is 13.2 Å². The molecule has 3 nitrogen and oxygen atoms in total. The zero-order valence-corrected chi connectivity index (χ0v) is 10.0. The molecule has 0 radical (unpaired) electrons. The molecule has 1 atom stereocenters. The Bertz CT molecular complexity index is 366. The van der Waals surface area contributed by atoms with Gasteiger partial charge in [0.2, 0.25) is 0 Å². The number of rotatable bonds is 4. The van der Waals surface area contributed by atoms with Crippen molar-refractivity contribution in [3.05, 3.63) is 48.6 Å². The van der Waals surface area contributed by atoms with E-state index in [1.807, 2.05) is 18.2 Å². The molecule has 0 saturated carbocycles. The van der Waals surface area contributed by atoms with Crippen molar-refractivity contribution in [3.63, 3.8) is 0 Å². The van der Waals surface area contributed by atoms with Crippen LogP contribution >= 0.6 is 0 Å². The van der Waals surface area contributed by atoms with Gasteiger partial charge in [0.1, 0.15) is 0 Å². The molecule has 1 N–H and O–H groups in total. The lowest BCUT2D eigenvalue weighted by Gasteiger charge is -2.43. The van der Waals surface area contributed by atoms with Crippen molar-refractivity contribution < 1.29 is 9.84 Å². The Kier molecular flexibility index (Phi) is 3.94. The summed E-state index contributed by atoms with van der Waals surface area (Å²) < 4.78 is 5.46. The van der Waals surface area contributed by atoms with Crippen LogP contribution in [0.25, 0.3) is 0 Å². The summed E-state index contributed by atoms with van der Waals surface area (Å²) >= 11 is 0. The number of hydrogen-bond donors (Lipinski definition) is 1. The van der Waals surface area contributed by atoms with Gasteiger partial charge in [0.15, 0.2) is 0 Å². The van der Waals surface area contributed by atoms with E-state index >= 15 is 0 Å². The number of aliphatic hydroxyl groups excluding tert-OH is 1. The van der Waals surface area contributed by atoms with Crippen molar-refractivity contribution in [2.75, 3.05) is 26.4 Å². The van der Waals surface area contributed by atoms with Crippen LogP contribution in [0.15, 0.2) is 43.0 Å². The van der Waals surface area contributed by atoms with E-state index in [2.05, 4.69) is 23.6 Å². The van der Waals surface area contributed by atoms with Crippen LogP contribution in [-0.4, -0.2) is 41.9 Å². The molecule has 2 rings (SSSR count). The Labute approximate surface area is 102 Å². The van der Waals surface area contributed by atoms with Crippen molar-refractivity contribution >= 4 is 0 Å². The van der Waals surface area contributed by atoms with Crippen LogP contribution in [0.4, 0.5) is 0 Å². The first-order chi connectivity index (χ1) is 8.30. The highest BCUT2D eigenvalue weighted by Gasteiger charge is 2.36. The quantitative estimate of drug-likeness (QED) is 0.799. The summed E-state index contributed by atoms with van der Waals surface area (Å²) in [4.78, 5) is 2.23. The van der Waals surface area contributed by atoms with Gasteiger partial charge in [0.25, 0.3) is 0 Å². The third kappa shape index (κ3) is 2.57. The predicted molar refractivity (Wildman–Crippen MR) is 67.7 cm³/mol. The van der Waals surface area contributed by atoms with Crippen molar-refractivity contribution in [1.82, 2.24) is 4.90 Å². The first-order valence-electron chi connectivity index (χ1n) is 5.92. The monoisotopic (exact) mass is 233 g/mol. The molecule has 92 valence electrons. The number of ether oxygens (including phenoxy) is 1. The first-order valence-corrected chi connectivity index (χ1v) is 5.92. The molecular weight excluding hydrogens is 214 g/mol. The fourth-order valence-corrected chi connectivity index (χ4v) is 2.18. The van der Waals surface area contributed by atoms with Gasteiger partial charge >= 0.3 is 0 Å². The summed E-state index contributed by atoms with van der Waals surface area (Å²) in [5, 5.41) is 9.60. The summed E-state index contributed by atoms with van der Waals surface area (Å²) in [6, 6.07) is 10.3. The Morgan fingerprint density at radius 3 is 2.82 bits per heavy atom. The van der Waals surface area contributed by atoms with Gasteiger partial charge in [0.05, 0.1) is 25.4 Å². The zero-order valence-electron chi connectivity index (χ0n) is 10.0. The van der Waals surface area contributed by atoms with Gasteiger partial charge in [-0.1, -0.05) is 36.4 Å². The maximum atomic E-state index is 9.60. The second-order valence-corrected chi connectivity index (χ2v) is 4.43. The van der Waals surface area contributed by atoms with Crippen LogP contribution in [-0.2, 0) is 11.3 Å². The molecule has 3 heteroatoms. The maximum Gasteiger partial charge on any atom is 0.0862 e. The van der Waals surface area contributed by atoms with Crippen LogP contribution in [0.3, 0.4) is 0 Å². The highest BCUT2D eigenvalue weighted by atomic mass is 16.5. The second kappa shape index (κ2) is 5.45. The van der Waals surface area contributed by atoms with Gasteiger partial charge < -0.3 is 9.84 Å². The van der Waals surface area contributed by atoms with Crippen LogP contribution in [0.5, 0.6) is 0 Å². The number of benzene rings is 1. The molecule has 17 heavy (non-hydrogen) atoms. The summed E-state index contributed by atoms with van der Waals surface area (Å²) in [6.45, 7) is 6.74. The summed E-state index contributed by atoms with van der Waals surface area (Å²) in [7, 11) is 0. The number of aliphatic hydroxyl groups is 1. The minimum Gasteiger partial charge on any atom is -0.394 e. The van der Waals surface area contributed by atoms with Gasteiger partial charge in [-0.3, -0.25) is 4.90 Å². The molecule has 0 aliphatic carbocycles. The van der Waals surface area contributed by atoms with Crippen molar-refractivity contribution in [3.8, 4) is 0 Å². The highest BCUT2D eigenvalue weighted by Crippen LogP contribution is 2.23. The van der Waals surface area contributed by atoms with Crippen molar-refractivity contribution in [2.45, 2.75) is 12.1 Å². The molecule has 1 aromatic carbocycles. The lowest BCUT2D eigenvalue weighted by molar-refractivity contribution is -0.0709. The molecular formula is C14H19NO2. The summed E-state index contributed by atoms with van der Waals surface area (Å²) in [5.74, 6) is 0. The molecule has 0 bridgehead atoms. The van der Waals surface area contributed by atoms with E-state index in [-0.39, 0.29) is 6.61 Å². The number of nitrogens with zero attached hydrogens (tertiary/aromatic N) is 1. The van der Waals surface area contributed by atoms with Gasteiger partial charge in [-0.2, -0.15) is 0 Å². The van der Waals surface area contributed by atoms with E-state index in [1.54, 1.807) is 6.08 Å². The molecule has 1 saturated heterocycles. The second-order valence-electron chi connectivity index (χ2n) is 4.43. The predicted octanol–water partition coefficient (Wildman–Crippen LogP) is 1.44. The maximum absolute atomic E-state index is 9.60.